The van der Waals surface area contributed by atoms with Crippen LogP contribution in [-0.4, -0.2) is 55.3 Å². The molecular formula is C20H26N2O4. The number of aromatic nitrogens is 1. The Morgan fingerprint density at radius 2 is 1.88 bits per heavy atom. The van der Waals surface area contributed by atoms with Crippen LogP contribution in [0.2, 0.25) is 0 Å². The number of esters is 1. The number of rotatable bonds is 6. The van der Waals surface area contributed by atoms with Crippen LogP contribution in [0.1, 0.15) is 29.6 Å². The third kappa shape index (κ3) is 3.90. The molecule has 1 aromatic heterocycles. The second-order valence-corrected chi connectivity index (χ2v) is 6.76. The zero-order chi connectivity index (χ0) is 18.5. The zero-order valence-corrected chi connectivity index (χ0v) is 15.4. The SMILES string of the molecule is COCCn1cc(C(=O)N2CCC(CC(=O)OC)CC2)c2ccccc21. The quantitative estimate of drug-likeness (QED) is 0.745. The first-order valence-electron chi connectivity index (χ1n) is 9.07. The summed E-state index contributed by atoms with van der Waals surface area (Å²) in [7, 11) is 3.09. The van der Waals surface area contributed by atoms with Crippen molar-refractivity contribution in [1.82, 2.24) is 9.47 Å². The number of amides is 1. The number of likely N-dealkylation sites (tertiary alicyclic amines) is 1. The number of carbonyl (C=O) groups excluding carboxylic acids is 2. The molecular weight excluding hydrogens is 332 g/mol. The molecule has 1 fully saturated rings. The first kappa shape index (κ1) is 18.5. The number of nitrogens with zero attached hydrogens (tertiary/aromatic N) is 2. The molecule has 0 radical (unpaired) electrons. The number of ether oxygens (including phenoxy) is 2. The summed E-state index contributed by atoms with van der Waals surface area (Å²) in [6.45, 7) is 2.67. The van der Waals surface area contributed by atoms with Gasteiger partial charge in [0.25, 0.3) is 5.91 Å². The molecule has 2 heterocycles. The number of piperidine rings is 1. The number of fused-ring (bicyclic) bond motifs is 1. The number of methoxy groups -OCH3 is 2. The lowest BCUT2D eigenvalue weighted by Gasteiger charge is -2.31. The maximum absolute atomic E-state index is 13.1. The van der Waals surface area contributed by atoms with Gasteiger partial charge in [-0.25, -0.2) is 0 Å². The van der Waals surface area contributed by atoms with Gasteiger partial charge in [-0.05, 0) is 24.8 Å². The topological polar surface area (TPSA) is 60.8 Å². The highest BCUT2D eigenvalue weighted by Gasteiger charge is 2.27. The molecule has 0 N–H and O–H groups in total. The molecule has 1 amide bonds. The molecule has 3 rings (SSSR count). The van der Waals surface area contributed by atoms with Gasteiger partial charge in [-0.3, -0.25) is 9.59 Å². The highest BCUT2D eigenvalue weighted by Crippen LogP contribution is 2.26. The largest absolute Gasteiger partial charge is 0.469 e. The molecule has 26 heavy (non-hydrogen) atoms. The van der Waals surface area contributed by atoms with E-state index in [-0.39, 0.29) is 11.9 Å². The van der Waals surface area contributed by atoms with Gasteiger partial charge in [0.2, 0.25) is 0 Å². The molecule has 0 aliphatic carbocycles. The van der Waals surface area contributed by atoms with E-state index in [1.807, 2.05) is 35.4 Å². The Balaban J connectivity index is 1.73. The highest BCUT2D eigenvalue weighted by molar-refractivity contribution is 6.07. The molecule has 1 saturated heterocycles. The van der Waals surface area contributed by atoms with Crippen molar-refractivity contribution in [2.24, 2.45) is 5.92 Å². The summed E-state index contributed by atoms with van der Waals surface area (Å²) in [4.78, 5) is 26.4. The highest BCUT2D eigenvalue weighted by atomic mass is 16.5. The van der Waals surface area contributed by atoms with Crippen LogP contribution in [0.25, 0.3) is 10.9 Å². The Labute approximate surface area is 153 Å². The van der Waals surface area contributed by atoms with E-state index in [2.05, 4.69) is 4.57 Å². The van der Waals surface area contributed by atoms with Crippen molar-refractivity contribution >= 4 is 22.8 Å². The average molecular weight is 358 g/mol. The fraction of sp³-hybridized carbons (Fsp3) is 0.500. The van der Waals surface area contributed by atoms with Crippen molar-refractivity contribution in [3.05, 3.63) is 36.0 Å². The smallest absolute Gasteiger partial charge is 0.305 e. The van der Waals surface area contributed by atoms with Crippen molar-refractivity contribution in [2.45, 2.75) is 25.8 Å². The van der Waals surface area contributed by atoms with Gasteiger partial charge in [-0.15, -0.1) is 0 Å². The third-order valence-corrected chi connectivity index (χ3v) is 5.14. The van der Waals surface area contributed by atoms with Gasteiger partial charge in [0.05, 0.1) is 19.3 Å². The predicted molar refractivity (Wildman–Crippen MR) is 99.1 cm³/mol. The minimum Gasteiger partial charge on any atom is -0.469 e. The van der Waals surface area contributed by atoms with E-state index < -0.39 is 0 Å². The van der Waals surface area contributed by atoms with Gasteiger partial charge in [-0.1, -0.05) is 18.2 Å². The number of para-hydroxylation sites is 1. The summed E-state index contributed by atoms with van der Waals surface area (Å²) >= 11 is 0. The van der Waals surface area contributed by atoms with Crippen LogP contribution in [0.5, 0.6) is 0 Å². The molecule has 2 aromatic rings. The van der Waals surface area contributed by atoms with E-state index in [4.69, 9.17) is 9.47 Å². The van der Waals surface area contributed by atoms with Gasteiger partial charge in [0, 0.05) is 50.3 Å². The van der Waals surface area contributed by atoms with Crippen LogP contribution < -0.4 is 0 Å². The molecule has 0 atom stereocenters. The maximum atomic E-state index is 13.1. The molecule has 1 aromatic carbocycles. The monoisotopic (exact) mass is 358 g/mol. The van der Waals surface area contributed by atoms with E-state index in [0.717, 1.165) is 29.3 Å². The van der Waals surface area contributed by atoms with Gasteiger partial charge in [0.1, 0.15) is 0 Å². The molecule has 6 nitrogen and oxygen atoms in total. The van der Waals surface area contributed by atoms with E-state index in [1.165, 1.54) is 7.11 Å². The zero-order valence-electron chi connectivity index (χ0n) is 15.4. The van der Waals surface area contributed by atoms with Crippen molar-refractivity contribution in [3.8, 4) is 0 Å². The second-order valence-electron chi connectivity index (χ2n) is 6.76. The molecule has 1 aliphatic heterocycles. The van der Waals surface area contributed by atoms with Gasteiger partial charge < -0.3 is 18.9 Å². The fourth-order valence-corrected chi connectivity index (χ4v) is 3.62. The lowest BCUT2D eigenvalue weighted by atomic mass is 9.93. The molecule has 1 aliphatic rings. The van der Waals surface area contributed by atoms with E-state index in [0.29, 0.717) is 38.6 Å². The summed E-state index contributed by atoms with van der Waals surface area (Å²) in [6, 6.07) is 7.97. The second kappa shape index (κ2) is 8.36. The van der Waals surface area contributed by atoms with Crippen LogP contribution in [0.15, 0.2) is 30.5 Å². The predicted octanol–water partition coefficient (Wildman–Crippen LogP) is 2.70. The van der Waals surface area contributed by atoms with Crippen molar-refractivity contribution in [2.75, 3.05) is 33.9 Å². The Hall–Kier alpha value is -2.34. The van der Waals surface area contributed by atoms with Crippen molar-refractivity contribution < 1.29 is 19.1 Å². The summed E-state index contributed by atoms with van der Waals surface area (Å²) < 4.78 is 12.0. The molecule has 0 spiro atoms. The van der Waals surface area contributed by atoms with E-state index >= 15 is 0 Å². The lowest BCUT2D eigenvalue weighted by Crippen LogP contribution is -2.38. The first-order valence-corrected chi connectivity index (χ1v) is 9.07. The fourth-order valence-electron chi connectivity index (χ4n) is 3.62. The Morgan fingerprint density at radius 3 is 2.58 bits per heavy atom. The molecule has 140 valence electrons. The van der Waals surface area contributed by atoms with Gasteiger partial charge >= 0.3 is 5.97 Å². The van der Waals surface area contributed by atoms with Gasteiger partial charge in [0.15, 0.2) is 0 Å². The Kier molecular flexibility index (Phi) is 5.93. The van der Waals surface area contributed by atoms with E-state index in [1.54, 1.807) is 7.11 Å². The van der Waals surface area contributed by atoms with Crippen LogP contribution in [0.3, 0.4) is 0 Å². The Bertz CT molecular complexity index is 775. The van der Waals surface area contributed by atoms with Crippen LogP contribution in [-0.2, 0) is 20.8 Å². The maximum Gasteiger partial charge on any atom is 0.305 e. The number of benzene rings is 1. The number of hydrogen-bond acceptors (Lipinski definition) is 4. The summed E-state index contributed by atoms with van der Waals surface area (Å²) in [5.41, 5.74) is 1.79. The molecule has 0 unspecified atom stereocenters. The molecule has 0 saturated carbocycles. The average Bonchev–Trinajstić information content (AvgIpc) is 3.05. The standard InChI is InChI=1S/C20H26N2O4/c1-25-12-11-22-14-17(16-5-3-4-6-18(16)22)20(24)21-9-7-15(8-10-21)13-19(23)26-2/h3-6,14-15H,7-13H2,1-2H3. The minimum absolute atomic E-state index is 0.0638. The lowest BCUT2D eigenvalue weighted by molar-refractivity contribution is -0.142. The summed E-state index contributed by atoms with van der Waals surface area (Å²) in [6.07, 6.45) is 4.05. The van der Waals surface area contributed by atoms with Crippen LogP contribution in [0.4, 0.5) is 0 Å². The minimum atomic E-state index is -0.170. The summed E-state index contributed by atoms with van der Waals surface area (Å²) in [5, 5.41) is 0.977. The van der Waals surface area contributed by atoms with Crippen molar-refractivity contribution in [1.29, 1.82) is 0 Å². The molecule has 0 bridgehead atoms. The van der Waals surface area contributed by atoms with Crippen molar-refractivity contribution in [3.63, 3.8) is 0 Å². The number of hydrogen-bond donors (Lipinski definition) is 0. The third-order valence-electron chi connectivity index (χ3n) is 5.14. The van der Waals surface area contributed by atoms with Gasteiger partial charge in [-0.2, -0.15) is 0 Å². The van der Waals surface area contributed by atoms with Crippen LogP contribution in [0, 0.1) is 5.92 Å². The Morgan fingerprint density at radius 1 is 1.15 bits per heavy atom. The van der Waals surface area contributed by atoms with Crippen LogP contribution >= 0.6 is 0 Å². The summed E-state index contributed by atoms with van der Waals surface area (Å²) in [5.74, 6) is 0.194. The number of carbonyl (C=O) groups is 2. The first-order chi connectivity index (χ1) is 12.6. The molecule has 6 heteroatoms. The normalized spacial score (nSPS) is 15.4. The van der Waals surface area contributed by atoms with E-state index in [9.17, 15) is 9.59 Å².